The number of furan rings is 1. The first-order chi connectivity index (χ1) is 32.5. The molecule has 0 saturated heterocycles. The summed E-state index contributed by atoms with van der Waals surface area (Å²) >= 11 is 0. The van der Waals surface area contributed by atoms with E-state index in [0.717, 1.165) is 58.8 Å². The van der Waals surface area contributed by atoms with Crippen LogP contribution in [0.25, 0.3) is 82.3 Å². The van der Waals surface area contributed by atoms with Crippen LogP contribution in [0.4, 0.5) is 0 Å². The third-order valence-corrected chi connectivity index (χ3v) is 20.2. The minimum absolute atomic E-state index is 0.0817. The van der Waals surface area contributed by atoms with Crippen LogP contribution in [0, 0.1) is 46.3 Å². The van der Waals surface area contributed by atoms with Crippen molar-refractivity contribution in [3.8, 4) is 34.4 Å². The van der Waals surface area contributed by atoms with Crippen LogP contribution in [-0.2, 0) is 5.41 Å². The van der Waals surface area contributed by atoms with Gasteiger partial charge in [0.2, 0.25) is 0 Å². The van der Waals surface area contributed by atoms with Gasteiger partial charge in [0.25, 0.3) is 0 Å². The Labute approximate surface area is 384 Å². The number of hydrogen-bond donors (Lipinski definition) is 0. The third-order valence-electron chi connectivity index (χ3n) is 20.2. The van der Waals surface area contributed by atoms with Crippen LogP contribution < -0.4 is 0 Å². The van der Waals surface area contributed by atoms with E-state index in [0.29, 0.717) is 23.7 Å². The van der Waals surface area contributed by atoms with Crippen LogP contribution in [0.2, 0.25) is 0 Å². The summed E-state index contributed by atoms with van der Waals surface area (Å²) < 4.78 is 9.86. The molecule has 4 atom stereocenters. The van der Waals surface area contributed by atoms with Crippen LogP contribution in [0.15, 0.2) is 83.3 Å². The second-order valence-electron chi connectivity index (χ2n) is 23.2. The summed E-state index contributed by atoms with van der Waals surface area (Å²) in [5.41, 5.74) is 21.5. The molecule has 8 bridgehead atoms. The van der Waals surface area contributed by atoms with Crippen molar-refractivity contribution in [3.05, 3.63) is 123 Å². The van der Waals surface area contributed by atoms with Gasteiger partial charge in [-0.05, 0) is 211 Å². The van der Waals surface area contributed by atoms with E-state index < -0.39 is 0 Å². The van der Waals surface area contributed by atoms with Crippen molar-refractivity contribution < 1.29 is 4.42 Å². The SMILES string of the molecule is N#Cc1cc2c(c3c1C1CC4CC(C1)CC3C4)c1cc(-c3c4c(cc5c3oc3ccccc35)-c3ccccc3C43CCCCC3)cc3c4c5c(c(C#N)cc4n2c13)C1CC2CC(C1)CC5C2. The molecule has 0 N–H and O–H groups in total. The van der Waals surface area contributed by atoms with Gasteiger partial charge >= 0.3 is 0 Å². The lowest BCUT2D eigenvalue weighted by Crippen LogP contribution is -2.28. The number of fused-ring (bicyclic) bond motifs is 14. The summed E-state index contributed by atoms with van der Waals surface area (Å²) in [6, 6.07) is 36.1. The van der Waals surface area contributed by atoms with Crippen LogP contribution in [0.1, 0.15) is 164 Å². The molecule has 6 aromatic carbocycles. The fourth-order valence-electron chi connectivity index (χ4n) is 18.4. The Morgan fingerprint density at radius 1 is 0.530 bits per heavy atom. The lowest BCUT2D eigenvalue weighted by Gasteiger charge is -2.38. The molecule has 3 aromatic heterocycles. The predicted octanol–water partition coefficient (Wildman–Crippen LogP) is 16.2. The summed E-state index contributed by atoms with van der Waals surface area (Å²) in [6.07, 6.45) is 18.6. The van der Waals surface area contributed by atoms with E-state index in [1.165, 1.54) is 188 Å². The fraction of sp³-hybridized carbons (Fsp3) is 0.387. The molecule has 4 unspecified atom stereocenters. The maximum atomic E-state index is 11.2. The summed E-state index contributed by atoms with van der Waals surface area (Å²) in [4.78, 5) is 0. The quantitative estimate of drug-likeness (QED) is 0.165. The Balaban J connectivity index is 1.09. The second kappa shape index (κ2) is 12.3. The van der Waals surface area contributed by atoms with Gasteiger partial charge in [0.15, 0.2) is 0 Å². The van der Waals surface area contributed by atoms with Crippen molar-refractivity contribution in [3.63, 3.8) is 0 Å². The maximum Gasteiger partial charge on any atom is 0.143 e. The summed E-state index contributed by atoms with van der Waals surface area (Å²) in [6.45, 7) is 0. The number of hydrogen-bond acceptors (Lipinski definition) is 3. The largest absolute Gasteiger partial charge is 0.455 e. The van der Waals surface area contributed by atoms with E-state index >= 15 is 0 Å². The van der Waals surface area contributed by atoms with Gasteiger partial charge in [-0.3, -0.25) is 0 Å². The van der Waals surface area contributed by atoms with Crippen molar-refractivity contribution >= 4 is 60.0 Å². The van der Waals surface area contributed by atoms with E-state index in [-0.39, 0.29) is 5.41 Å². The van der Waals surface area contributed by atoms with Gasteiger partial charge in [-0.2, -0.15) is 10.5 Å². The van der Waals surface area contributed by atoms with Gasteiger partial charge in [0, 0.05) is 43.3 Å². The van der Waals surface area contributed by atoms with Crippen LogP contribution in [0.5, 0.6) is 0 Å². The molecule has 4 nitrogen and oxygen atoms in total. The van der Waals surface area contributed by atoms with Gasteiger partial charge in [-0.1, -0.05) is 61.7 Å². The summed E-state index contributed by atoms with van der Waals surface area (Å²) in [7, 11) is 0. The molecule has 0 radical (unpaired) electrons. The highest BCUT2D eigenvalue weighted by Gasteiger charge is 2.49. The molecule has 9 aromatic rings. The van der Waals surface area contributed by atoms with Gasteiger partial charge in [0.05, 0.1) is 39.8 Å². The molecule has 320 valence electrons. The molecular weight excluding hydrogens is 803 g/mol. The smallest absolute Gasteiger partial charge is 0.143 e. The third kappa shape index (κ3) is 4.25. The standard InChI is InChI=1S/C62H51N3O/c63-29-40-26-49-57(54-37-20-31-14-32(21-37)17-35(16-31)52(40)54)46-24-39(25-47-58-50(65(49)60(46)47)27-41(30-64)53-36-18-33-15-34(19-36)23-38(22-33)55(53)58)56-59-44(28-45-43-9-3-5-11-51(43)66-61(45)56)42-8-2-4-10-48(42)62(59)12-6-1-7-13-62/h2-5,8-11,24-28,31-38H,1,6-7,12-23H2. The average molecular weight is 854 g/mol. The molecule has 1 spiro atoms. The van der Waals surface area contributed by atoms with Gasteiger partial charge < -0.3 is 8.82 Å². The first-order valence-electron chi connectivity index (χ1n) is 25.8. The molecule has 0 aliphatic heterocycles. The van der Waals surface area contributed by atoms with Crippen molar-refractivity contribution in [2.24, 2.45) is 23.7 Å². The Morgan fingerprint density at radius 2 is 1.08 bits per heavy atom. The van der Waals surface area contributed by atoms with Crippen molar-refractivity contribution in [2.75, 3.05) is 0 Å². The Bertz CT molecular complexity index is 3630. The molecule has 19 rings (SSSR count). The van der Waals surface area contributed by atoms with E-state index in [1.807, 2.05) is 0 Å². The second-order valence-corrected chi connectivity index (χ2v) is 23.2. The zero-order valence-electron chi connectivity index (χ0n) is 37.5. The highest BCUT2D eigenvalue weighted by Crippen LogP contribution is 2.64. The number of nitrogens with zero attached hydrogens (tertiary/aromatic N) is 3. The molecule has 4 heteroatoms. The molecule has 10 aliphatic rings. The van der Waals surface area contributed by atoms with Crippen molar-refractivity contribution in [1.82, 2.24) is 4.40 Å². The topological polar surface area (TPSA) is 65.1 Å². The molecule has 66 heavy (non-hydrogen) atoms. The average Bonchev–Trinajstić information content (AvgIpc) is 3.98. The molecular formula is C62H51N3O. The molecule has 3 heterocycles. The molecule has 10 aliphatic carbocycles. The normalized spacial score (nSPS) is 28.4. The van der Waals surface area contributed by atoms with E-state index in [1.54, 1.807) is 0 Å². The van der Waals surface area contributed by atoms with Crippen LogP contribution in [-0.4, -0.2) is 4.40 Å². The van der Waals surface area contributed by atoms with Crippen LogP contribution >= 0.6 is 0 Å². The monoisotopic (exact) mass is 853 g/mol. The first-order valence-corrected chi connectivity index (χ1v) is 25.8. The number of nitriles is 2. The first kappa shape index (κ1) is 36.1. The molecule has 5 fully saturated rings. The van der Waals surface area contributed by atoms with E-state index in [2.05, 4.69) is 95.4 Å². The molecule has 0 amide bonds. The highest BCUT2D eigenvalue weighted by molar-refractivity contribution is 6.27. The minimum atomic E-state index is -0.0817. The molecule has 5 saturated carbocycles. The number of benzene rings is 6. The van der Waals surface area contributed by atoms with Gasteiger partial charge in [0.1, 0.15) is 11.2 Å². The van der Waals surface area contributed by atoms with Gasteiger partial charge in [-0.25, -0.2) is 0 Å². The fourth-order valence-corrected chi connectivity index (χ4v) is 18.4. The minimum Gasteiger partial charge on any atom is -0.455 e. The lowest BCUT2D eigenvalue weighted by atomic mass is 9.66. The number of rotatable bonds is 1. The van der Waals surface area contributed by atoms with Crippen molar-refractivity contribution in [1.29, 1.82) is 10.5 Å². The van der Waals surface area contributed by atoms with E-state index in [9.17, 15) is 10.5 Å². The Kier molecular flexibility index (Phi) is 6.70. The summed E-state index contributed by atoms with van der Waals surface area (Å²) in [5, 5.41) is 30.3. The number of para-hydroxylation sites is 1. The number of aromatic nitrogens is 1. The van der Waals surface area contributed by atoms with Crippen LogP contribution in [0.3, 0.4) is 0 Å². The summed E-state index contributed by atoms with van der Waals surface area (Å²) in [5.74, 6) is 4.82. The van der Waals surface area contributed by atoms with E-state index in [4.69, 9.17) is 4.42 Å². The maximum absolute atomic E-state index is 11.2. The Morgan fingerprint density at radius 3 is 1.67 bits per heavy atom. The van der Waals surface area contributed by atoms with Crippen molar-refractivity contribution in [2.45, 2.75) is 125 Å². The highest BCUT2D eigenvalue weighted by atomic mass is 16.3. The zero-order valence-corrected chi connectivity index (χ0v) is 37.5. The zero-order chi connectivity index (χ0) is 42.9. The van der Waals surface area contributed by atoms with Gasteiger partial charge in [-0.15, -0.1) is 0 Å². The lowest BCUT2D eigenvalue weighted by molar-refractivity contribution is 0.166. The Hall–Kier alpha value is -6.10. The predicted molar refractivity (Wildman–Crippen MR) is 264 cm³/mol.